The Morgan fingerprint density at radius 1 is 1.50 bits per heavy atom. The third-order valence-electron chi connectivity index (χ3n) is 2.56. The molecule has 7 heteroatoms. The van der Waals surface area contributed by atoms with Crippen LogP contribution in [0.1, 0.15) is 5.69 Å². The average molecular weight is 250 g/mol. The van der Waals surface area contributed by atoms with Crippen molar-refractivity contribution >= 4 is 11.4 Å². The van der Waals surface area contributed by atoms with Gasteiger partial charge in [-0.15, -0.1) is 0 Å². The minimum absolute atomic E-state index is 0.108. The molecule has 94 valence electrons. The molecule has 0 spiro atoms. The Bertz CT molecular complexity index is 582. The molecule has 0 saturated heterocycles. The van der Waals surface area contributed by atoms with Crippen molar-refractivity contribution in [2.24, 2.45) is 7.05 Å². The summed E-state index contributed by atoms with van der Waals surface area (Å²) in [6.07, 6.45) is 1.60. The minimum Gasteiger partial charge on any atom is -0.371 e. The molecule has 0 radical (unpaired) electrons. The smallest absolute Gasteiger partial charge is 0.295 e. The number of nitrogens with zero attached hydrogens (tertiary/aromatic N) is 3. The molecule has 6 nitrogen and oxygen atoms in total. The lowest BCUT2D eigenvalue weighted by molar-refractivity contribution is -0.384. The highest BCUT2D eigenvalue weighted by Gasteiger charge is 2.17. The van der Waals surface area contributed by atoms with Gasteiger partial charge in [-0.05, 0) is 12.1 Å². The van der Waals surface area contributed by atoms with Crippen molar-refractivity contribution in [2.75, 3.05) is 5.32 Å². The summed E-state index contributed by atoms with van der Waals surface area (Å²) in [6.45, 7) is 0.262. The molecule has 0 fully saturated rings. The van der Waals surface area contributed by atoms with Gasteiger partial charge in [0, 0.05) is 19.3 Å². The summed E-state index contributed by atoms with van der Waals surface area (Å²) in [5.41, 5.74) is 0.411. The fourth-order valence-electron chi connectivity index (χ4n) is 1.59. The summed E-state index contributed by atoms with van der Waals surface area (Å²) in [5, 5.41) is 17.5. The quantitative estimate of drug-likeness (QED) is 0.666. The average Bonchev–Trinajstić information content (AvgIpc) is 2.73. The van der Waals surface area contributed by atoms with Crippen molar-refractivity contribution in [1.29, 1.82) is 0 Å². The van der Waals surface area contributed by atoms with E-state index >= 15 is 0 Å². The maximum absolute atomic E-state index is 13.6. The van der Waals surface area contributed by atoms with Crippen LogP contribution in [0.5, 0.6) is 0 Å². The molecule has 1 aromatic heterocycles. The number of hydrogen-bond donors (Lipinski definition) is 1. The van der Waals surface area contributed by atoms with Crippen molar-refractivity contribution < 1.29 is 9.31 Å². The Kier molecular flexibility index (Phi) is 3.22. The van der Waals surface area contributed by atoms with Gasteiger partial charge < -0.3 is 5.32 Å². The standard InChI is InChI=1S/C11H11FN4O2/c1-15-8(5-6-14-15)7-13-11-9(12)3-2-4-10(11)16(17)18/h2-6,13H,7H2,1H3. The summed E-state index contributed by atoms with van der Waals surface area (Å²) in [5.74, 6) is -0.647. The number of rotatable bonds is 4. The molecule has 0 saturated carbocycles. The van der Waals surface area contributed by atoms with Gasteiger partial charge in [0.2, 0.25) is 0 Å². The van der Waals surface area contributed by atoms with Gasteiger partial charge in [0.1, 0.15) is 5.69 Å². The molecule has 1 aromatic carbocycles. The Morgan fingerprint density at radius 2 is 2.28 bits per heavy atom. The molecule has 18 heavy (non-hydrogen) atoms. The van der Waals surface area contributed by atoms with Crippen LogP contribution in [-0.2, 0) is 13.6 Å². The van der Waals surface area contributed by atoms with Crippen LogP contribution in [0.3, 0.4) is 0 Å². The highest BCUT2D eigenvalue weighted by Crippen LogP contribution is 2.27. The number of hydrogen-bond acceptors (Lipinski definition) is 4. The largest absolute Gasteiger partial charge is 0.371 e. The number of nitro benzene ring substituents is 1. The lowest BCUT2D eigenvalue weighted by Crippen LogP contribution is -2.08. The van der Waals surface area contributed by atoms with E-state index in [1.165, 1.54) is 18.2 Å². The van der Waals surface area contributed by atoms with E-state index in [1.54, 1.807) is 24.0 Å². The second-order valence-electron chi connectivity index (χ2n) is 3.69. The fourth-order valence-corrected chi connectivity index (χ4v) is 1.59. The van der Waals surface area contributed by atoms with Gasteiger partial charge in [0.05, 0.1) is 17.2 Å². The molecule has 1 N–H and O–H groups in total. The zero-order valence-electron chi connectivity index (χ0n) is 9.63. The molecule has 0 aliphatic carbocycles. The van der Waals surface area contributed by atoms with Gasteiger partial charge in [0.25, 0.3) is 5.69 Å². The summed E-state index contributed by atoms with van der Waals surface area (Å²) in [6, 6.07) is 5.50. The normalized spacial score (nSPS) is 10.3. The van der Waals surface area contributed by atoms with Gasteiger partial charge in [-0.1, -0.05) is 6.07 Å². The molecule has 0 bridgehead atoms. The van der Waals surface area contributed by atoms with Crippen LogP contribution in [0.15, 0.2) is 30.5 Å². The van der Waals surface area contributed by atoms with E-state index in [1.807, 2.05) is 0 Å². The SMILES string of the molecule is Cn1nccc1CNc1c(F)cccc1[N+](=O)[O-]. The molecular formula is C11H11FN4O2. The van der Waals surface area contributed by atoms with Crippen molar-refractivity contribution in [3.05, 3.63) is 52.1 Å². The number of benzene rings is 1. The highest BCUT2D eigenvalue weighted by atomic mass is 19.1. The monoisotopic (exact) mass is 250 g/mol. The molecular weight excluding hydrogens is 239 g/mol. The predicted octanol–water partition coefficient (Wildman–Crippen LogP) is 2.08. The van der Waals surface area contributed by atoms with Gasteiger partial charge >= 0.3 is 0 Å². The number of aromatic nitrogens is 2. The third-order valence-corrected chi connectivity index (χ3v) is 2.56. The Hall–Kier alpha value is -2.44. The van der Waals surface area contributed by atoms with Gasteiger partial charge in [-0.2, -0.15) is 5.10 Å². The lowest BCUT2D eigenvalue weighted by Gasteiger charge is -2.08. The van der Waals surface area contributed by atoms with E-state index < -0.39 is 10.7 Å². The molecule has 1 heterocycles. The van der Waals surface area contributed by atoms with Gasteiger partial charge in [-0.3, -0.25) is 14.8 Å². The second kappa shape index (κ2) is 4.82. The van der Waals surface area contributed by atoms with Crippen molar-refractivity contribution in [2.45, 2.75) is 6.54 Å². The summed E-state index contributed by atoms with van der Waals surface area (Å²) < 4.78 is 15.2. The van der Waals surface area contributed by atoms with Crippen LogP contribution in [0, 0.1) is 15.9 Å². The maximum Gasteiger partial charge on any atom is 0.295 e. The van der Waals surface area contributed by atoms with Crippen molar-refractivity contribution in [3.8, 4) is 0 Å². The van der Waals surface area contributed by atoms with Crippen LogP contribution in [-0.4, -0.2) is 14.7 Å². The Labute approximate surface area is 102 Å². The van der Waals surface area contributed by atoms with Gasteiger partial charge in [0.15, 0.2) is 5.82 Å². The number of nitrogens with one attached hydrogen (secondary N) is 1. The first-order chi connectivity index (χ1) is 8.59. The van der Waals surface area contributed by atoms with E-state index in [-0.39, 0.29) is 17.9 Å². The number of para-hydroxylation sites is 1. The zero-order chi connectivity index (χ0) is 13.1. The summed E-state index contributed by atoms with van der Waals surface area (Å²) >= 11 is 0. The fraction of sp³-hybridized carbons (Fsp3) is 0.182. The Balaban J connectivity index is 2.24. The molecule has 0 amide bonds. The zero-order valence-corrected chi connectivity index (χ0v) is 9.63. The van der Waals surface area contributed by atoms with Crippen LogP contribution in [0.25, 0.3) is 0 Å². The van der Waals surface area contributed by atoms with E-state index in [0.717, 1.165) is 5.69 Å². The molecule has 0 unspecified atom stereocenters. The Morgan fingerprint density at radius 3 is 2.89 bits per heavy atom. The van der Waals surface area contributed by atoms with E-state index in [0.29, 0.717) is 0 Å². The van der Waals surface area contributed by atoms with Crippen molar-refractivity contribution in [3.63, 3.8) is 0 Å². The number of aryl methyl sites for hydroxylation is 1. The van der Waals surface area contributed by atoms with E-state index in [2.05, 4.69) is 10.4 Å². The maximum atomic E-state index is 13.6. The first kappa shape index (κ1) is 12.0. The number of nitro groups is 1. The molecule has 2 rings (SSSR count). The lowest BCUT2D eigenvalue weighted by atomic mass is 10.2. The summed E-state index contributed by atoms with van der Waals surface area (Å²) in [4.78, 5) is 10.2. The van der Waals surface area contributed by atoms with E-state index in [4.69, 9.17) is 0 Å². The molecule has 0 aliphatic rings. The number of anilines is 1. The van der Waals surface area contributed by atoms with Crippen molar-refractivity contribution in [1.82, 2.24) is 9.78 Å². The number of halogens is 1. The predicted molar refractivity (Wildman–Crippen MR) is 63.6 cm³/mol. The molecule has 0 atom stereocenters. The van der Waals surface area contributed by atoms with Gasteiger partial charge in [-0.25, -0.2) is 4.39 Å². The molecule has 0 aliphatic heterocycles. The van der Waals surface area contributed by atoms with Crippen LogP contribution in [0.4, 0.5) is 15.8 Å². The minimum atomic E-state index is -0.647. The third kappa shape index (κ3) is 2.29. The van der Waals surface area contributed by atoms with E-state index in [9.17, 15) is 14.5 Å². The highest BCUT2D eigenvalue weighted by molar-refractivity contribution is 5.62. The first-order valence-corrected chi connectivity index (χ1v) is 5.23. The van der Waals surface area contributed by atoms with Crippen LogP contribution >= 0.6 is 0 Å². The first-order valence-electron chi connectivity index (χ1n) is 5.23. The second-order valence-corrected chi connectivity index (χ2v) is 3.69. The van der Waals surface area contributed by atoms with Crippen LogP contribution < -0.4 is 5.32 Å². The molecule has 2 aromatic rings. The van der Waals surface area contributed by atoms with Crippen LogP contribution in [0.2, 0.25) is 0 Å². The summed E-state index contributed by atoms with van der Waals surface area (Å²) in [7, 11) is 1.74. The topological polar surface area (TPSA) is 73.0 Å².